The van der Waals surface area contributed by atoms with Gasteiger partial charge in [0.05, 0.1) is 16.1 Å². The summed E-state index contributed by atoms with van der Waals surface area (Å²) in [7, 11) is 0. The SMILES string of the molecule is Cc1n[nH]c2ccc(-c3cnc(NCC(N)Cc4ccccc4)s3)cc12. The topological polar surface area (TPSA) is 79.6 Å². The first-order chi connectivity index (χ1) is 12.7. The third kappa shape index (κ3) is 3.61. The second-order valence-corrected chi connectivity index (χ2v) is 7.46. The summed E-state index contributed by atoms with van der Waals surface area (Å²) in [6, 6.07) is 16.7. The van der Waals surface area contributed by atoms with Gasteiger partial charge in [0, 0.05) is 24.2 Å². The lowest BCUT2D eigenvalue weighted by molar-refractivity contribution is 0.699. The van der Waals surface area contributed by atoms with E-state index >= 15 is 0 Å². The number of nitrogens with one attached hydrogen (secondary N) is 2. The summed E-state index contributed by atoms with van der Waals surface area (Å²) in [4.78, 5) is 5.62. The zero-order chi connectivity index (χ0) is 17.9. The molecule has 0 saturated heterocycles. The number of H-pyrrole nitrogens is 1. The van der Waals surface area contributed by atoms with E-state index in [9.17, 15) is 0 Å². The lowest BCUT2D eigenvalue weighted by atomic mass is 10.1. The van der Waals surface area contributed by atoms with E-state index in [1.165, 1.54) is 5.56 Å². The van der Waals surface area contributed by atoms with Crippen LogP contribution >= 0.6 is 11.3 Å². The minimum absolute atomic E-state index is 0.0506. The van der Waals surface area contributed by atoms with E-state index in [1.54, 1.807) is 11.3 Å². The highest BCUT2D eigenvalue weighted by molar-refractivity contribution is 7.18. The van der Waals surface area contributed by atoms with E-state index in [0.717, 1.165) is 38.6 Å². The number of rotatable bonds is 6. The molecule has 0 amide bonds. The van der Waals surface area contributed by atoms with E-state index in [2.05, 4.69) is 50.8 Å². The maximum absolute atomic E-state index is 6.24. The van der Waals surface area contributed by atoms with Gasteiger partial charge in [-0.05, 0) is 36.6 Å². The van der Waals surface area contributed by atoms with Gasteiger partial charge < -0.3 is 11.1 Å². The molecule has 2 aromatic carbocycles. The molecule has 4 aromatic rings. The number of thiazole rings is 1. The van der Waals surface area contributed by atoms with Gasteiger partial charge >= 0.3 is 0 Å². The highest BCUT2D eigenvalue weighted by Crippen LogP contribution is 2.31. The molecule has 0 spiro atoms. The number of nitrogens with zero attached hydrogens (tertiary/aromatic N) is 2. The molecular formula is C20H21N5S. The average molecular weight is 363 g/mol. The summed E-state index contributed by atoms with van der Waals surface area (Å²) in [5, 5.41) is 12.7. The summed E-state index contributed by atoms with van der Waals surface area (Å²) in [5.74, 6) is 0. The number of fused-ring (bicyclic) bond motifs is 1. The largest absolute Gasteiger partial charge is 0.360 e. The predicted octanol–water partition coefficient (Wildman–Crippen LogP) is 3.98. The van der Waals surface area contributed by atoms with E-state index < -0.39 is 0 Å². The van der Waals surface area contributed by atoms with Crippen molar-refractivity contribution < 1.29 is 0 Å². The number of hydrogen-bond acceptors (Lipinski definition) is 5. The number of benzene rings is 2. The number of aromatic amines is 1. The van der Waals surface area contributed by atoms with Crippen LogP contribution in [0.5, 0.6) is 0 Å². The van der Waals surface area contributed by atoms with Crippen molar-refractivity contribution in [2.45, 2.75) is 19.4 Å². The lowest BCUT2D eigenvalue weighted by Crippen LogP contribution is -2.31. The molecule has 6 heteroatoms. The van der Waals surface area contributed by atoms with Gasteiger partial charge in [-0.1, -0.05) is 47.7 Å². The van der Waals surface area contributed by atoms with Crippen molar-refractivity contribution in [1.29, 1.82) is 0 Å². The Morgan fingerprint density at radius 2 is 2.04 bits per heavy atom. The zero-order valence-corrected chi connectivity index (χ0v) is 15.4. The number of hydrogen-bond donors (Lipinski definition) is 3. The molecule has 2 heterocycles. The molecule has 4 N–H and O–H groups in total. The van der Waals surface area contributed by atoms with Crippen LogP contribution < -0.4 is 11.1 Å². The molecule has 1 atom stereocenters. The van der Waals surface area contributed by atoms with Crippen LogP contribution in [0.15, 0.2) is 54.7 Å². The summed E-state index contributed by atoms with van der Waals surface area (Å²) < 4.78 is 0. The third-order valence-electron chi connectivity index (χ3n) is 4.40. The molecule has 0 aliphatic carbocycles. The van der Waals surface area contributed by atoms with Crippen LogP contribution in [-0.4, -0.2) is 27.8 Å². The first-order valence-corrected chi connectivity index (χ1v) is 9.45. The number of anilines is 1. The Bertz CT molecular complexity index is 1010. The number of nitrogens with two attached hydrogens (primary N) is 1. The Morgan fingerprint density at radius 1 is 1.19 bits per heavy atom. The minimum Gasteiger partial charge on any atom is -0.360 e. The molecule has 0 fully saturated rings. The summed E-state index contributed by atoms with van der Waals surface area (Å²) in [6.45, 7) is 2.71. The molecular weight excluding hydrogens is 342 g/mol. The Morgan fingerprint density at radius 3 is 2.88 bits per heavy atom. The van der Waals surface area contributed by atoms with Crippen molar-refractivity contribution in [3.05, 3.63) is 66.0 Å². The van der Waals surface area contributed by atoms with Crippen LogP contribution in [0.4, 0.5) is 5.13 Å². The van der Waals surface area contributed by atoms with E-state index in [4.69, 9.17) is 5.73 Å². The van der Waals surface area contributed by atoms with Crippen LogP contribution in [0, 0.1) is 6.92 Å². The van der Waals surface area contributed by atoms with Crippen molar-refractivity contribution in [2.75, 3.05) is 11.9 Å². The van der Waals surface area contributed by atoms with Crippen LogP contribution in [0.1, 0.15) is 11.3 Å². The highest BCUT2D eigenvalue weighted by atomic mass is 32.1. The monoisotopic (exact) mass is 363 g/mol. The Labute approximate surface area is 156 Å². The van der Waals surface area contributed by atoms with Gasteiger partial charge in [-0.25, -0.2) is 4.98 Å². The Hall–Kier alpha value is -2.70. The molecule has 5 nitrogen and oxygen atoms in total. The number of aromatic nitrogens is 3. The fourth-order valence-corrected chi connectivity index (χ4v) is 3.81. The zero-order valence-electron chi connectivity index (χ0n) is 14.6. The first kappa shape index (κ1) is 16.8. The summed E-state index contributed by atoms with van der Waals surface area (Å²) in [5.41, 5.74) is 10.7. The molecule has 26 heavy (non-hydrogen) atoms. The summed E-state index contributed by atoms with van der Waals surface area (Å²) in [6.07, 6.45) is 2.76. The standard InChI is InChI=1S/C20H21N5S/c1-13-17-10-15(7-8-18(17)25-24-13)19-12-23-20(26-19)22-11-16(21)9-14-5-3-2-4-6-14/h2-8,10,12,16H,9,11,21H2,1H3,(H,22,23)(H,24,25). The quantitative estimate of drug-likeness (QED) is 0.484. The van der Waals surface area contributed by atoms with Crippen molar-refractivity contribution in [3.63, 3.8) is 0 Å². The fraction of sp³-hybridized carbons (Fsp3) is 0.200. The fourth-order valence-electron chi connectivity index (χ4n) is 3.00. The van der Waals surface area contributed by atoms with Crippen LogP contribution in [-0.2, 0) is 6.42 Å². The molecule has 0 aliphatic heterocycles. The normalized spacial score (nSPS) is 12.4. The van der Waals surface area contributed by atoms with Crippen LogP contribution in [0.3, 0.4) is 0 Å². The molecule has 132 valence electrons. The van der Waals surface area contributed by atoms with Gasteiger partial charge in [0.1, 0.15) is 0 Å². The molecule has 0 saturated carbocycles. The van der Waals surface area contributed by atoms with Gasteiger partial charge in [0.2, 0.25) is 0 Å². The van der Waals surface area contributed by atoms with E-state index in [-0.39, 0.29) is 6.04 Å². The average Bonchev–Trinajstić information content (AvgIpc) is 3.28. The maximum atomic E-state index is 6.24. The van der Waals surface area contributed by atoms with Crippen molar-refractivity contribution in [1.82, 2.24) is 15.2 Å². The summed E-state index contributed by atoms with van der Waals surface area (Å²) >= 11 is 1.64. The lowest BCUT2D eigenvalue weighted by Gasteiger charge is -2.12. The van der Waals surface area contributed by atoms with Crippen molar-refractivity contribution >= 4 is 27.4 Å². The first-order valence-electron chi connectivity index (χ1n) is 8.63. The van der Waals surface area contributed by atoms with Gasteiger partial charge in [-0.3, -0.25) is 5.10 Å². The van der Waals surface area contributed by atoms with Gasteiger partial charge in [0.25, 0.3) is 0 Å². The van der Waals surface area contributed by atoms with Gasteiger partial charge in [0.15, 0.2) is 5.13 Å². The highest BCUT2D eigenvalue weighted by Gasteiger charge is 2.09. The Kier molecular flexibility index (Phi) is 4.69. The molecule has 1 unspecified atom stereocenters. The molecule has 0 radical (unpaired) electrons. The minimum atomic E-state index is 0.0506. The smallest absolute Gasteiger partial charge is 0.183 e. The number of aryl methyl sites for hydroxylation is 1. The van der Waals surface area contributed by atoms with Gasteiger partial charge in [-0.2, -0.15) is 5.10 Å². The molecule has 0 aliphatic rings. The van der Waals surface area contributed by atoms with Crippen molar-refractivity contribution in [3.8, 4) is 10.4 Å². The second-order valence-electron chi connectivity index (χ2n) is 6.43. The third-order valence-corrected chi connectivity index (χ3v) is 5.40. The molecule has 2 aromatic heterocycles. The van der Waals surface area contributed by atoms with Crippen LogP contribution in [0.25, 0.3) is 21.3 Å². The molecule has 0 bridgehead atoms. The molecule has 4 rings (SSSR count). The maximum Gasteiger partial charge on any atom is 0.183 e. The predicted molar refractivity (Wildman–Crippen MR) is 109 cm³/mol. The van der Waals surface area contributed by atoms with Crippen LogP contribution in [0.2, 0.25) is 0 Å². The second kappa shape index (κ2) is 7.27. The van der Waals surface area contributed by atoms with Crippen molar-refractivity contribution in [2.24, 2.45) is 5.73 Å². The van der Waals surface area contributed by atoms with E-state index in [1.807, 2.05) is 31.3 Å². The van der Waals surface area contributed by atoms with Gasteiger partial charge in [-0.15, -0.1) is 0 Å². The Balaban J connectivity index is 1.41. The van der Waals surface area contributed by atoms with E-state index in [0.29, 0.717) is 6.54 Å².